The molecule has 4 heteroatoms. The summed E-state index contributed by atoms with van der Waals surface area (Å²) in [7, 11) is 0. The minimum atomic E-state index is -0.110. The van der Waals surface area contributed by atoms with Crippen LogP contribution in [-0.4, -0.2) is 14.8 Å². The van der Waals surface area contributed by atoms with Crippen LogP contribution in [0.1, 0.15) is 16.7 Å². The molecule has 0 aliphatic rings. The van der Waals surface area contributed by atoms with Crippen molar-refractivity contribution >= 4 is 0 Å². The van der Waals surface area contributed by atoms with Crippen molar-refractivity contribution in [1.82, 2.24) is 14.8 Å². The lowest BCUT2D eigenvalue weighted by Gasteiger charge is -2.09. The Balaban J connectivity index is 2.15. The summed E-state index contributed by atoms with van der Waals surface area (Å²) in [6.07, 6.45) is 1.67. The maximum absolute atomic E-state index is 12.2. The van der Waals surface area contributed by atoms with Crippen LogP contribution in [-0.2, 0) is 0 Å². The second-order valence-corrected chi connectivity index (χ2v) is 5.21. The third-order valence-electron chi connectivity index (χ3n) is 3.95. The number of nitrogens with zero attached hydrogens (tertiary/aromatic N) is 2. The van der Waals surface area contributed by atoms with Gasteiger partial charge in [0.1, 0.15) is 0 Å². The fourth-order valence-electron chi connectivity index (χ4n) is 2.44. The first-order chi connectivity index (χ1) is 10.1. The number of nitrogens with one attached hydrogen (secondary N) is 1. The van der Waals surface area contributed by atoms with Gasteiger partial charge in [-0.2, -0.15) is 0 Å². The van der Waals surface area contributed by atoms with Crippen LogP contribution in [0.4, 0.5) is 0 Å². The van der Waals surface area contributed by atoms with E-state index in [1.54, 1.807) is 18.3 Å². The van der Waals surface area contributed by atoms with Gasteiger partial charge in [-0.1, -0.05) is 18.2 Å². The molecule has 1 aromatic carbocycles. The summed E-state index contributed by atoms with van der Waals surface area (Å²) in [5.74, 6) is 0.593. The van der Waals surface area contributed by atoms with Crippen LogP contribution in [0.25, 0.3) is 17.1 Å². The predicted molar refractivity (Wildman–Crippen MR) is 83.8 cm³/mol. The number of pyridine rings is 1. The molecule has 1 N–H and O–H groups in total. The normalized spacial score (nSPS) is 10.8. The molecule has 106 valence electrons. The van der Waals surface area contributed by atoms with E-state index < -0.39 is 0 Å². The molecule has 3 aromatic rings. The molecule has 0 atom stereocenters. The predicted octanol–water partition coefficient (Wildman–Crippen LogP) is 3.15. The smallest absolute Gasteiger partial charge is 0.273 e. The maximum Gasteiger partial charge on any atom is 0.273 e. The fraction of sp³-hybridized carbons (Fsp3) is 0.176. The van der Waals surface area contributed by atoms with Crippen molar-refractivity contribution in [1.29, 1.82) is 0 Å². The highest BCUT2D eigenvalue weighted by atomic mass is 16.1. The minimum absolute atomic E-state index is 0.110. The Morgan fingerprint density at radius 1 is 1.05 bits per heavy atom. The molecule has 0 unspecified atom stereocenters. The van der Waals surface area contributed by atoms with Crippen molar-refractivity contribution in [3.05, 3.63) is 69.6 Å². The van der Waals surface area contributed by atoms with Crippen LogP contribution in [0.2, 0.25) is 0 Å². The van der Waals surface area contributed by atoms with E-state index in [4.69, 9.17) is 0 Å². The zero-order valence-corrected chi connectivity index (χ0v) is 12.3. The lowest BCUT2D eigenvalue weighted by atomic mass is 9.97. The summed E-state index contributed by atoms with van der Waals surface area (Å²) < 4.78 is 1.46. The van der Waals surface area contributed by atoms with Crippen molar-refractivity contribution in [3.8, 4) is 17.1 Å². The van der Waals surface area contributed by atoms with Gasteiger partial charge >= 0.3 is 0 Å². The standard InChI is InChI=1S/C17H17N3O/c1-11-7-8-14(13(3)12(11)2)15-10-17(21)20(19-15)16-6-4-5-9-18-16/h4-10,19H,1-3H3. The van der Waals surface area contributed by atoms with Crippen molar-refractivity contribution < 1.29 is 0 Å². The quantitative estimate of drug-likeness (QED) is 0.783. The second-order valence-electron chi connectivity index (χ2n) is 5.21. The number of hydrogen-bond acceptors (Lipinski definition) is 2. The molecule has 0 amide bonds. The van der Waals surface area contributed by atoms with E-state index in [2.05, 4.69) is 36.9 Å². The molecule has 21 heavy (non-hydrogen) atoms. The first kappa shape index (κ1) is 13.4. The van der Waals surface area contributed by atoms with Crippen molar-refractivity contribution in [2.24, 2.45) is 0 Å². The molecular formula is C17H17N3O. The Labute approximate surface area is 123 Å². The highest BCUT2D eigenvalue weighted by Gasteiger charge is 2.11. The number of aromatic nitrogens is 3. The largest absolute Gasteiger partial charge is 0.289 e. The first-order valence-corrected chi connectivity index (χ1v) is 6.88. The summed E-state index contributed by atoms with van der Waals surface area (Å²) in [4.78, 5) is 16.4. The number of rotatable bonds is 2. The van der Waals surface area contributed by atoms with E-state index in [1.807, 2.05) is 18.2 Å². The minimum Gasteiger partial charge on any atom is -0.289 e. The number of aryl methyl sites for hydroxylation is 1. The van der Waals surface area contributed by atoms with Crippen LogP contribution in [0, 0.1) is 20.8 Å². The van der Waals surface area contributed by atoms with E-state index in [-0.39, 0.29) is 5.56 Å². The Bertz CT molecular complexity index is 844. The van der Waals surface area contributed by atoms with E-state index in [0.717, 1.165) is 11.3 Å². The summed E-state index contributed by atoms with van der Waals surface area (Å²) in [5.41, 5.74) is 5.43. The Hall–Kier alpha value is -2.62. The number of H-pyrrole nitrogens is 1. The highest BCUT2D eigenvalue weighted by molar-refractivity contribution is 5.65. The maximum atomic E-state index is 12.2. The number of aromatic amines is 1. The number of hydrogen-bond donors (Lipinski definition) is 1. The van der Waals surface area contributed by atoms with Crippen LogP contribution < -0.4 is 5.56 Å². The summed E-state index contributed by atoms with van der Waals surface area (Å²) in [6, 6.07) is 11.2. The van der Waals surface area contributed by atoms with Crippen molar-refractivity contribution in [2.75, 3.05) is 0 Å². The van der Waals surface area contributed by atoms with Gasteiger partial charge in [-0.25, -0.2) is 9.67 Å². The van der Waals surface area contributed by atoms with Crippen LogP contribution >= 0.6 is 0 Å². The Morgan fingerprint density at radius 3 is 2.57 bits per heavy atom. The van der Waals surface area contributed by atoms with Crippen molar-refractivity contribution in [2.45, 2.75) is 20.8 Å². The van der Waals surface area contributed by atoms with Gasteiger partial charge in [-0.15, -0.1) is 0 Å². The van der Waals surface area contributed by atoms with Crippen LogP contribution in [0.3, 0.4) is 0 Å². The zero-order chi connectivity index (χ0) is 15.0. The average molecular weight is 279 g/mol. The van der Waals surface area contributed by atoms with Gasteiger partial charge in [0.15, 0.2) is 5.82 Å². The Morgan fingerprint density at radius 2 is 1.86 bits per heavy atom. The lowest BCUT2D eigenvalue weighted by molar-refractivity contribution is 0.821. The van der Waals surface area contributed by atoms with Gasteiger partial charge in [0.25, 0.3) is 5.56 Å². The molecule has 0 aliphatic heterocycles. The molecular weight excluding hydrogens is 262 g/mol. The summed E-state index contributed by atoms with van der Waals surface area (Å²) >= 11 is 0. The SMILES string of the molecule is Cc1ccc(-c2cc(=O)n(-c3ccccn3)[nH]2)c(C)c1C. The van der Waals surface area contributed by atoms with E-state index >= 15 is 0 Å². The molecule has 0 spiro atoms. The van der Waals surface area contributed by atoms with Gasteiger partial charge in [0.05, 0.1) is 5.69 Å². The third kappa shape index (κ3) is 2.29. The second kappa shape index (κ2) is 5.05. The van der Waals surface area contributed by atoms with E-state index in [0.29, 0.717) is 5.82 Å². The Kier molecular flexibility index (Phi) is 3.22. The molecule has 0 radical (unpaired) electrons. The zero-order valence-electron chi connectivity index (χ0n) is 12.3. The van der Waals surface area contributed by atoms with Crippen LogP contribution in [0.5, 0.6) is 0 Å². The molecule has 3 rings (SSSR count). The van der Waals surface area contributed by atoms with Gasteiger partial charge in [0.2, 0.25) is 0 Å². The van der Waals surface area contributed by atoms with Gasteiger partial charge in [-0.3, -0.25) is 9.89 Å². The van der Waals surface area contributed by atoms with Crippen LogP contribution in [0.15, 0.2) is 47.4 Å². The molecule has 2 heterocycles. The molecule has 0 saturated carbocycles. The third-order valence-corrected chi connectivity index (χ3v) is 3.95. The van der Waals surface area contributed by atoms with E-state index in [1.165, 1.54) is 21.4 Å². The topological polar surface area (TPSA) is 50.7 Å². The summed E-state index contributed by atoms with van der Waals surface area (Å²) in [6.45, 7) is 6.27. The average Bonchev–Trinajstić information content (AvgIpc) is 2.87. The summed E-state index contributed by atoms with van der Waals surface area (Å²) in [5, 5.41) is 3.14. The van der Waals surface area contributed by atoms with E-state index in [9.17, 15) is 4.79 Å². The molecule has 4 nitrogen and oxygen atoms in total. The monoisotopic (exact) mass is 279 g/mol. The molecule has 0 saturated heterocycles. The molecule has 0 aliphatic carbocycles. The molecule has 0 bridgehead atoms. The first-order valence-electron chi connectivity index (χ1n) is 6.88. The lowest BCUT2D eigenvalue weighted by Crippen LogP contribution is -2.14. The highest BCUT2D eigenvalue weighted by Crippen LogP contribution is 2.25. The fourth-order valence-corrected chi connectivity index (χ4v) is 2.44. The van der Waals surface area contributed by atoms with Crippen molar-refractivity contribution in [3.63, 3.8) is 0 Å². The van der Waals surface area contributed by atoms with Gasteiger partial charge in [-0.05, 0) is 49.6 Å². The molecule has 0 fully saturated rings. The molecule has 2 aromatic heterocycles. The van der Waals surface area contributed by atoms with Gasteiger partial charge < -0.3 is 0 Å². The van der Waals surface area contributed by atoms with Gasteiger partial charge in [0, 0.05) is 17.8 Å². The number of benzene rings is 1.